The molecule has 92 valence electrons. The SMILES string of the molecule is CNCc1scc(C)c1S(=O)(=O)NN(C)C. The summed E-state index contributed by atoms with van der Waals surface area (Å²) in [5.41, 5.74) is 0.782. The molecule has 0 bridgehead atoms. The Bertz CT molecular complexity index is 451. The molecule has 0 spiro atoms. The van der Waals surface area contributed by atoms with Gasteiger partial charge in [-0.3, -0.25) is 0 Å². The second-order valence-electron chi connectivity index (χ2n) is 3.69. The summed E-state index contributed by atoms with van der Waals surface area (Å²) >= 11 is 1.45. The van der Waals surface area contributed by atoms with E-state index in [0.29, 0.717) is 11.4 Å². The van der Waals surface area contributed by atoms with Gasteiger partial charge >= 0.3 is 0 Å². The Balaban J connectivity index is 3.15. The summed E-state index contributed by atoms with van der Waals surface area (Å²) in [5, 5.41) is 6.25. The number of thiophene rings is 1. The summed E-state index contributed by atoms with van der Waals surface area (Å²) in [5.74, 6) is 0. The van der Waals surface area contributed by atoms with Crippen molar-refractivity contribution in [3.63, 3.8) is 0 Å². The molecule has 1 heterocycles. The zero-order valence-corrected chi connectivity index (χ0v) is 11.5. The number of nitrogens with zero attached hydrogens (tertiary/aromatic N) is 1. The van der Waals surface area contributed by atoms with Gasteiger partial charge < -0.3 is 5.32 Å². The topological polar surface area (TPSA) is 61.4 Å². The number of rotatable bonds is 5. The summed E-state index contributed by atoms with van der Waals surface area (Å²) in [6.07, 6.45) is 0. The van der Waals surface area contributed by atoms with E-state index in [-0.39, 0.29) is 0 Å². The first-order valence-electron chi connectivity index (χ1n) is 4.80. The Morgan fingerprint density at radius 1 is 1.44 bits per heavy atom. The quantitative estimate of drug-likeness (QED) is 0.761. The van der Waals surface area contributed by atoms with E-state index in [1.807, 2.05) is 5.38 Å². The predicted octanol–water partition coefficient (Wildman–Crippen LogP) is 0.531. The van der Waals surface area contributed by atoms with Crippen molar-refractivity contribution in [1.29, 1.82) is 0 Å². The maximum Gasteiger partial charge on any atom is 0.254 e. The van der Waals surface area contributed by atoms with E-state index in [9.17, 15) is 8.42 Å². The highest BCUT2D eigenvalue weighted by atomic mass is 32.2. The van der Waals surface area contributed by atoms with Gasteiger partial charge in [0, 0.05) is 25.5 Å². The van der Waals surface area contributed by atoms with E-state index < -0.39 is 10.0 Å². The summed E-state index contributed by atoms with van der Waals surface area (Å²) in [7, 11) is 1.64. The molecule has 0 aliphatic rings. The average Bonchev–Trinajstić information content (AvgIpc) is 2.46. The van der Waals surface area contributed by atoms with Crippen molar-refractivity contribution in [3.8, 4) is 0 Å². The second kappa shape index (κ2) is 5.24. The highest BCUT2D eigenvalue weighted by Crippen LogP contribution is 2.26. The largest absolute Gasteiger partial charge is 0.315 e. The van der Waals surface area contributed by atoms with Crippen LogP contribution in [-0.4, -0.2) is 34.6 Å². The molecule has 7 heteroatoms. The third-order valence-corrected chi connectivity index (χ3v) is 4.84. The minimum atomic E-state index is -3.45. The van der Waals surface area contributed by atoms with Crippen LogP contribution in [0.1, 0.15) is 10.4 Å². The molecule has 0 aliphatic carbocycles. The van der Waals surface area contributed by atoms with Crippen LogP contribution in [0.4, 0.5) is 0 Å². The maximum atomic E-state index is 12.0. The molecular weight excluding hydrogens is 246 g/mol. The van der Waals surface area contributed by atoms with Crippen LogP contribution in [0, 0.1) is 6.92 Å². The molecule has 16 heavy (non-hydrogen) atoms. The molecule has 0 saturated carbocycles. The number of hydrazine groups is 1. The van der Waals surface area contributed by atoms with Gasteiger partial charge in [-0.05, 0) is 24.9 Å². The summed E-state index contributed by atoms with van der Waals surface area (Å²) in [6, 6.07) is 0. The molecule has 2 N–H and O–H groups in total. The smallest absolute Gasteiger partial charge is 0.254 e. The van der Waals surface area contributed by atoms with Crippen molar-refractivity contribution < 1.29 is 8.42 Å². The van der Waals surface area contributed by atoms with Gasteiger partial charge in [0.1, 0.15) is 4.90 Å². The molecule has 0 aliphatic heterocycles. The van der Waals surface area contributed by atoms with E-state index >= 15 is 0 Å². The van der Waals surface area contributed by atoms with Crippen LogP contribution in [-0.2, 0) is 16.6 Å². The van der Waals surface area contributed by atoms with E-state index in [1.54, 1.807) is 28.1 Å². The van der Waals surface area contributed by atoms with Crippen LogP contribution in [0.15, 0.2) is 10.3 Å². The predicted molar refractivity (Wildman–Crippen MR) is 65.8 cm³/mol. The minimum absolute atomic E-state index is 0.389. The van der Waals surface area contributed by atoms with Crippen LogP contribution in [0.25, 0.3) is 0 Å². The molecule has 0 atom stereocenters. The highest BCUT2D eigenvalue weighted by Gasteiger charge is 2.22. The standard InChI is InChI=1S/C9H17N3O2S2/c1-7-6-15-8(5-10-2)9(7)16(13,14)11-12(3)4/h6,10-11H,5H2,1-4H3. The molecule has 1 rings (SSSR count). The van der Waals surface area contributed by atoms with Crippen molar-refractivity contribution in [2.24, 2.45) is 0 Å². The summed E-state index contributed by atoms with van der Waals surface area (Å²) in [4.78, 5) is 3.66. The summed E-state index contributed by atoms with van der Waals surface area (Å²) < 4.78 is 24.1. The van der Waals surface area contributed by atoms with E-state index in [0.717, 1.165) is 10.4 Å². The third kappa shape index (κ3) is 3.02. The first-order valence-corrected chi connectivity index (χ1v) is 7.16. The molecule has 0 saturated heterocycles. The third-order valence-electron chi connectivity index (χ3n) is 1.90. The zero-order valence-electron chi connectivity index (χ0n) is 9.86. The Kier molecular flexibility index (Phi) is 4.45. The Labute approximate surface area is 100 Å². The van der Waals surface area contributed by atoms with Gasteiger partial charge in [0.05, 0.1) is 0 Å². The zero-order chi connectivity index (χ0) is 12.3. The van der Waals surface area contributed by atoms with Crippen LogP contribution in [0.2, 0.25) is 0 Å². The molecule has 0 radical (unpaired) electrons. The minimum Gasteiger partial charge on any atom is -0.315 e. The van der Waals surface area contributed by atoms with Crippen LogP contribution in [0.5, 0.6) is 0 Å². The van der Waals surface area contributed by atoms with Crippen molar-refractivity contribution in [2.75, 3.05) is 21.1 Å². The Morgan fingerprint density at radius 3 is 2.56 bits per heavy atom. The monoisotopic (exact) mass is 263 g/mol. The first-order chi connectivity index (χ1) is 7.38. The van der Waals surface area contributed by atoms with E-state index in [4.69, 9.17) is 0 Å². The Morgan fingerprint density at radius 2 is 2.06 bits per heavy atom. The summed E-state index contributed by atoms with van der Waals surface area (Å²) in [6.45, 7) is 2.36. The molecule has 0 unspecified atom stereocenters. The van der Waals surface area contributed by atoms with Gasteiger partial charge in [-0.15, -0.1) is 16.2 Å². The lowest BCUT2D eigenvalue weighted by atomic mass is 10.3. The molecule has 1 aromatic heterocycles. The van der Waals surface area contributed by atoms with Gasteiger partial charge in [0.2, 0.25) is 0 Å². The fourth-order valence-electron chi connectivity index (χ4n) is 1.42. The van der Waals surface area contributed by atoms with Gasteiger partial charge in [-0.25, -0.2) is 13.4 Å². The molecule has 0 aromatic carbocycles. The number of aryl methyl sites for hydroxylation is 1. The van der Waals surface area contributed by atoms with Crippen LogP contribution in [0.3, 0.4) is 0 Å². The average molecular weight is 263 g/mol. The van der Waals surface area contributed by atoms with Gasteiger partial charge in [0.15, 0.2) is 0 Å². The van der Waals surface area contributed by atoms with Gasteiger partial charge in [0.25, 0.3) is 10.0 Å². The van der Waals surface area contributed by atoms with Crippen molar-refractivity contribution in [1.82, 2.24) is 15.2 Å². The second-order valence-corrected chi connectivity index (χ2v) is 6.25. The van der Waals surface area contributed by atoms with Gasteiger partial charge in [-0.2, -0.15) is 0 Å². The number of sulfonamides is 1. The van der Waals surface area contributed by atoms with E-state index in [2.05, 4.69) is 10.1 Å². The lowest BCUT2D eigenvalue weighted by Gasteiger charge is -2.13. The highest BCUT2D eigenvalue weighted by molar-refractivity contribution is 7.89. The molecular formula is C9H17N3O2S2. The number of hydrogen-bond acceptors (Lipinski definition) is 5. The van der Waals surface area contributed by atoms with Gasteiger partial charge in [-0.1, -0.05) is 0 Å². The fourth-order valence-corrected chi connectivity index (χ4v) is 4.32. The maximum absolute atomic E-state index is 12.0. The van der Waals surface area contributed by atoms with Crippen molar-refractivity contribution in [2.45, 2.75) is 18.4 Å². The molecule has 0 fully saturated rings. The van der Waals surface area contributed by atoms with Crippen LogP contribution >= 0.6 is 11.3 Å². The molecule has 1 aromatic rings. The molecule has 0 amide bonds. The normalized spacial score (nSPS) is 12.3. The Hall–Kier alpha value is -0.470. The van der Waals surface area contributed by atoms with Crippen molar-refractivity contribution in [3.05, 3.63) is 15.8 Å². The number of hydrogen-bond donors (Lipinski definition) is 2. The fraction of sp³-hybridized carbons (Fsp3) is 0.556. The first kappa shape index (κ1) is 13.6. The number of nitrogens with one attached hydrogen (secondary N) is 2. The lowest BCUT2D eigenvalue weighted by molar-refractivity contribution is 0.363. The van der Waals surface area contributed by atoms with Crippen molar-refractivity contribution >= 4 is 21.4 Å². The van der Waals surface area contributed by atoms with E-state index in [1.165, 1.54) is 16.3 Å². The molecule has 5 nitrogen and oxygen atoms in total. The van der Waals surface area contributed by atoms with Crippen LogP contribution < -0.4 is 10.1 Å². The lowest BCUT2D eigenvalue weighted by Crippen LogP contribution is -2.36.